The average molecular weight is 688 g/mol. The molecule has 0 aromatic heterocycles. The molecule has 2 atom stereocenters. The lowest BCUT2D eigenvalue weighted by atomic mass is 10.1. The van der Waals surface area contributed by atoms with Crippen LogP contribution in [0.4, 0.5) is 0 Å². The number of nitrogens with zero attached hydrogens (tertiary/aromatic N) is 1. The van der Waals surface area contributed by atoms with Crippen LogP contribution in [0, 0.1) is 0 Å². The number of aliphatic carboxylic acids is 1. The molecule has 0 saturated heterocycles. The number of allylic oxidation sites excluding steroid dienone is 10. The number of carbonyl (C=O) groups excluding carboxylic acids is 3. The standard InChI is InChI=1S/C41H69NO7/c1-6-8-10-12-14-15-16-17-18-19-20-21-22-23-24-26-28-30-32-40(44)49-37(35-47-34-33-38(41(45)46)42(3,4)5)36-48-39(43)31-29-27-25-13-11-9-7-2/h10,12,14-21,37-38H,6-9,11,13,22-36H2,1-5H3/b12-10+,15-14+,17-16+,19-18+,21-20+. The maximum Gasteiger partial charge on any atom is 0.306 e. The largest absolute Gasteiger partial charge is 0.544 e. The van der Waals surface area contributed by atoms with Gasteiger partial charge in [-0.05, 0) is 32.1 Å². The van der Waals surface area contributed by atoms with Gasteiger partial charge in [-0.1, -0.05) is 139 Å². The monoisotopic (exact) mass is 688 g/mol. The predicted molar refractivity (Wildman–Crippen MR) is 199 cm³/mol. The fourth-order valence-corrected chi connectivity index (χ4v) is 5.04. The molecule has 0 aromatic carbocycles. The zero-order valence-corrected chi connectivity index (χ0v) is 31.6. The van der Waals surface area contributed by atoms with E-state index < -0.39 is 18.1 Å². The molecule has 0 heterocycles. The molecule has 0 aliphatic rings. The first-order valence-electron chi connectivity index (χ1n) is 18.9. The van der Waals surface area contributed by atoms with Crippen molar-refractivity contribution in [1.29, 1.82) is 0 Å². The van der Waals surface area contributed by atoms with Crippen LogP contribution in [0.15, 0.2) is 60.8 Å². The fourth-order valence-electron chi connectivity index (χ4n) is 5.04. The summed E-state index contributed by atoms with van der Waals surface area (Å²) in [5.41, 5.74) is 0. The van der Waals surface area contributed by atoms with Crippen molar-refractivity contribution in [2.45, 2.75) is 142 Å². The summed E-state index contributed by atoms with van der Waals surface area (Å²) in [6, 6.07) is -0.730. The number of likely N-dealkylation sites (N-methyl/N-ethyl adjacent to an activating group) is 1. The normalized spacial score (nSPS) is 13.7. The molecule has 0 amide bonds. The lowest BCUT2D eigenvalue weighted by Gasteiger charge is -2.34. The second-order valence-electron chi connectivity index (χ2n) is 13.6. The van der Waals surface area contributed by atoms with Crippen molar-refractivity contribution in [1.82, 2.24) is 0 Å². The Morgan fingerprint density at radius 3 is 1.67 bits per heavy atom. The first kappa shape index (κ1) is 46.0. The van der Waals surface area contributed by atoms with E-state index in [1.165, 1.54) is 32.1 Å². The number of carbonyl (C=O) groups is 3. The van der Waals surface area contributed by atoms with E-state index in [-0.39, 0.29) is 42.7 Å². The van der Waals surface area contributed by atoms with Gasteiger partial charge in [-0.3, -0.25) is 9.59 Å². The summed E-state index contributed by atoms with van der Waals surface area (Å²) in [7, 11) is 5.37. The Labute approximate surface area is 298 Å². The van der Waals surface area contributed by atoms with E-state index in [1.54, 1.807) is 21.1 Å². The van der Waals surface area contributed by atoms with E-state index in [0.29, 0.717) is 12.8 Å². The molecular weight excluding hydrogens is 618 g/mol. The Kier molecular flexibility index (Phi) is 30.3. The van der Waals surface area contributed by atoms with Crippen LogP contribution in [0.1, 0.15) is 129 Å². The van der Waals surface area contributed by atoms with E-state index in [4.69, 9.17) is 14.2 Å². The second-order valence-corrected chi connectivity index (χ2v) is 13.6. The summed E-state index contributed by atoms with van der Waals surface area (Å²) in [6.07, 6.45) is 36.8. The maximum atomic E-state index is 12.6. The van der Waals surface area contributed by atoms with Crippen LogP contribution < -0.4 is 5.11 Å². The number of hydrogen-bond donors (Lipinski definition) is 0. The second kappa shape index (κ2) is 32.2. The zero-order chi connectivity index (χ0) is 36.4. The summed E-state index contributed by atoms with van der Waals surface area (Å²) in [6.45, 7) is 4.47. The van der Waals surface area contributed by atoms with Crippen LogP contribution >= 0.6 is 0 Å². The number of quaternary nitrogens is 1. The quantitative estimate of drug-likeness (QED) is 0.0305. The summed E-state index contributed by atoms with van der Waals surface area (Å²) >= 11 is 0. The first-order chi connectivity index (χ1) is 23.6. The molecule has 2 unspecified atom stereocenters. The topological polar surface area (TPSA) is 102 Å². The van der Waals surface area contributed by atoms with Crippen LogP contribution in [0.3, 0.4) is 0 Å². The first-order valence-corrected chi connectivity index (χ1v) is 18.9. The molecule has 0 N–H and O–H groups in total. The van der Waals surface area contributed by atoms with Crippen molar-refractivity contribution in [3.8, 4) is 0 Å². The number of ether oxygens (including phenoxy) is 3. The number of rotatable bonds is 32. The predicted octanol–water partition coefficient (Wildman–Crippen LogP) is 8.13. The molecule has 0 aliphatic carbocycles. The smallest absolute Gasteiger partial charge is 0.306 e. The van der Waals surface area contributed by atoms with E-state index in [9.17, 15) is 19.5 Å². The molecule has 8 nitrogen and oxygen atoms in total. The Hall–Kier alpha value is -2.97. The highest BCUT2D eigenvalue weighted by atomic mass is 16.6. The van der Waals surface area contributed by atoms with Gasteiger partial charge in [0, 0.05) is 19.3 Å². The minimum atomic E-state index is -1.13. The van der Waals surface area contributed by atoms with Gasteiger partial charge >= 0.3 is 11.9 Å². The van der Waals surface area contributed by atoms with E-state index in [0.717, 1.165) is 64.2 Å². The van der Waals surface area contributed by atoms with Crippen LogP contribution in [0.2, 0.25) is 0 Å². The van der Waals surface area contributed by atoms with Crippen molar-refractivity contribution in [3.05, 3.63) is 60.8 Å². The van der Waals surface area contributed by atoms with Crippen molar-refractivity contribution < 1.29 is 38.2 Å². The minimum absolute atomic E-state index is 0.0279. The van der Waals surface area contributed by atoms with Crippen LogP contribution in [-0.2, 0) is 28.6 Å². The molecule has 0 radical (unpaired) electrons. The molecule has 0 rings (SSSR count). The van der Waals surface area contributed by atoms with Gasteiger partial charge in [-0.15, -0.1) is 0 Å². The molecule has 0 bridgehead atoms. The van der Waals surface area contributed by atoms with Crippen LogP contribution in [-0.4, -0.2) is 75.5 Å². The molecule has 49 heavy (non-hydrogen) atoms. The molecule has 0 aliphatic heterocycles. The van der Waals surface area contributed by atoms with Gasteiger partial charge in [-0.2, -0.15) is 0 Å². The highest BCUT2D eigenvalue weighted by Gasteiger charge is 2.25. The van der Waals surface area contributed by atoms with Gasteiger partial charge < -0.3 is 28.6 Å². The van der Waals surface area contributed by atoms with Crippen LogP contribution in [0.5, 0.6) is 0 Å². The van der Waals surface area contributed by atoms with Crippen molar-refractivity contribution in [2.24, 2.45) is 0 Å². The Bertz CT molecular complexity index is 990. The Morgan fingerprint density at radius 2 is 1.12 bits per heavy atom. The Morgan fingerprint density at radius 1 is 0.612 bits per heavy atom. The Balaban J connectivity index is 4.45. The summed E-state index contributed by atoms with van der Waals surface area (Å²) in [4.78, 5) is 36.5. The van der Waals surface area contributed by atoms with Crippen molar-refractivity contribution in [3.63, 3.8) is 0 Å². The van der Waals surface area contributed by atoms with Crippen LogP contribution in [0.25, 0.3) is 0 Å². The number of carboxylic acid groups (broad SMARTS) is 1. The molecule has 0 aromatic rings. The number of carboxylic acids is 1. The number of unbranched alkanes of at least 4 members (excludes halogenated alkanes) is 12. The summed E-state index contributed by atoms with van der Waals surface area (Å²) in [5.74, 6) is -1.79. The van der Waals surface area contributed by atoms with Gasteiger partial charge in [0.15, 0.2) is 6.10 Å². The third kappa shape index (κ3) is 30.8. The van der Waals surface area contributed by atoms with E-state index in [1.807, 2.05) is 36.5 Å². The van der Waals surface area contributed by atoms with Gasteiger partial charge in [0.1, 0.15) is 12.6 Å². The third-order valence-corrected chi connectivity index (χ3v) is 8.02. The molecule has 0 spiro atoms. The molecular formula is C41H69NO7. The average Bonchev–Trinajstić information content (AvgIpc) is 3.05. The van der Waals surface area contributed by atoms with Gasteiger partial charge in [0.25, 0.3) is 0 Å². The van der Waals surface area contributed by atoms with Gasteiger partial charge in [0.2, 0.25) is 0 Å². The summed E-state index contributed by atoms with van der Waals surface area (Å²) in [5, 5.41) is 11.6. The fraction of sp³-hybridized carbons (Fsp3) is 0.683. The molecule has 0 saturated carbocycles. The number of hydrogen-bond acceptors (Lipinski definition) is 7. The maximum absolute atomic E-state index is 12.6. The molecule has 280 valence electrons. The molecule has 0 fully saturated rings. The summed E-state index contributed by atoms with van der Waals surface area (Å²) < 4.78 is 17.0. The third-order valence-electron chi connectivity index (χ3n) is 8.02. The van der Waals surface area contributed by atoms with Crippen molar-refractivity contribution in [2.75, 3.05) is 41.0 Å². The van der Waals surface area contributed by atoms with Gasteiger partial charge in [-0.25, -0.2) is 0 Å². The van der Waals surface area contributed by atoms with Gasteiger partial charge in [0.05, 0.1) is 40.3 Å². The molecule has 8 heteroatoms. The highest BCUT2D eigenvalue weighted by Crippen LogP contribution is 2.12. The SMILES string of the molecule is CCC/C=C/C=C/C=C/C=C/C=C/CCCCCCCC(=O)OC(COCCC(C(=O)[O-])[N+](C)(C)C)COC(=O)CCCCCCCCC. The van der Waals surface area contributed by atoms with Crippen molar-refractivity contribution >= 4 is 17.9 Å². The lowest BCUT2D eigenvalue weighted by Crippen LogP contribution is -2.55. The zero-order valence-electron chi connectivity index (χ0n) is 31.6. The number of esters is 2. The van der Waals surface area contributed by atoms with E-state index >= 15 is 0 Å². The minimum Gasteiger partial charge on any atom is -0.544 e. The highest BCUT2D eigenvalue weighted by molar-refractivity contribution is 5.70. The van der Waals surface area contributed by atoms with E-state index in [2.05, 4.69) is 38.2 Å². The lowest BCUT2D eigenvalue weighted by molar-refractivity contribution is -0.889.